The van der Waals surface area contributed by atoms with E-state index in [2.05, 4.69) is 26.7 Å². The smallest absolute Gasteiger partial charge is 0.401 e. The third kappa shape index (κ3) is 7.08. The molecule has 7 nitrogen and oxygen atoms in total. The number of sulfonamides is 1. The fraction of sp³-hybridized carbons (Fsp3) is 0.542. The molecule has 1 N–H and O–H groups in total. The molecular weight excluding hydrogens is 481 g/mol. The number of hydrogen-bond acceptors (Lipinski definition) is 6. The van der Waals surface area contributed by atoms with Crippen LogP contribution in [0.5, 0.6) is 5.75 Å². The molecule has 2 aromatic rings. The summed E-state index contributed by atoms with van der Waals surface area (Å²) in [5, 5.41) is 0. The number of pyridine rings is 1. The Labute approximate surface area is 204 Å². The molecule has 1 unspecified atom stereocenters. The lowest BCUT2D eigenvalue weighted by Gasteiger charge is -2.33. The normalized spacial score (nSPS) is 20.3. The Kier molecular flexibility index (Phi) is 7.87. The first-order chi connectivity index (χ1) is 16.6. The van der Waals surface area contributed by atoms with E-state index in [-0.39, 0.29) is 18.0 Å². The summed E-state index contributed by atoms with van der Waals surface area (Å²) in [6.45, 7) is 0.885. The molecule has 3 heterocycles. The Hall–Kier alpha value is -2.37. The maximum Gasteiger partial charge on any atom is 0.401 e. The van der Waals surface area contributed by atoms with Crippen LogP contribution in [0.1, 0.15) is 24.8 Å². The van der Waals surface area contributed by atoms with Crippen LogP contribution in [0.15, 0.2) is 47.5 Å². The Bertz CT molecular complexity index is 1090. The monoisotopic (exact) mass is 512 g/mol. The second-order valence-electron chi connectivity index (χ2n) is 9.30. The number of nitrogens with one attached hydrogen (secondary N) is 1. The topological polar surface area (TPSA) is 74.8 Å². The molecule has 1 atom stereocenters. The van der Waals surface area contributed by atoms with Crippen LogP contribution in [-0.2, 0) is 16.4 Å². The van der Waals surface area contributed by atoms with Gasteiger partial charge in [-0.3, -0.25) is 4.90 Å². The standard InChI is InChI=1S/C24H31F3N4O3S/c1-34-21-4-2-3-19(14-21)13-18-7-11-31(12-8-18)23-6-5-22(15-28-23)35(32,33)29-20-9-10-30(16-20)17-24(25,26)27/h2-6,14-15,18,20,29H,7-13,16-17H2,1H3. The summed E-state index contributed by atoms with van der Waals surface area (Å²) in [5.74, 6) is 2.15. The molecule has 0 radical (unpaired) electrons. The van der Waals surface area contributed by atoms with Gasteiger partial charge in [0.05, 0.1) is 13.7 Å². The number of alkyl halides is 3. The van der Waals surface area contributed by atoms with E-state index < -0.39 is 28.8 Å². The second kappa shape index (κ2) is 10.7. The van der Waals surface area contributed by atoms with Gasteiger partial charge in [-0.25, -0.2) is 18.1 Å². The van der Waals surface area contributed by atoms with E-state index in [1.54, 1.807) is 13.2 Å². The molecule has 4 rings (SSSR count). The minimum atomic E-state index is -4.29. The molecule has 2 saturated heterocycles. The Morgan fingerprint density at radius 1 is 1.11 bits per heavy atom. The van der Waals surface area contributed by atoms with Gasteiger partial charge in [0.25, 0.3) is 0 Å². The molecule has 0 saturated carbocycles. The van der Waals surface area contributed by atoms with Crippen LogP contribution in [-0.4, -0.2) is 70.4 Å². The van der Waals surface area contributed by atoms with E-state index in [9.17, 15) is 21.6 Å². The van der Waals surface area contributed by atoms with Crippen LogP contribution < -0.4 is 14.4 Å². The number of rotatable bonds is 8. The number of benzene rings is 1. The fourth-order valence-corrected chi connectivity index (χ4v) is 6.04. The molecule has 2 fully saturated rings. The third-order valence-electron chi connectivity index (χ3n) is 6.63. The lowest BCUT2D eigenvalue weighted by Crippen LogP contribution is -2.39. The van der Waals surface area contributed by atoms with E-state index in [0.29, 0.717) is 12.3 Å². The maximum atomic E-state index is 12.7. The van der Waals surface area contributed by atoms with Gasteiger partial charge < -0.3 is 9.64 Å². The van der Waals surface area contributed by atoms with E-state index in [4.69, 9.17) is 4.74 Å². The van der Waals surface area contributed by atoms with Crippen molar-refractivity contribution in [2.75, 3.05) is 44.7 Å². The largest absolute Gasteiger partial charge is 0.497 e. The Balaban J connectivity index is 1.28. The molecule has 2 aliphatic heterocycles. The summed E-state index contributed by atoms with van der Waals surface area (Å²) in [5.41, 5.74) is 1.26. The number of aromatic nitrogens is 1. The molecule has 11 heteroatoms. The predicted octanol–water partition coefficient (Wildman–Crippen LogP) is 3.46. The minimum Gasteiger partial charge on any atom is -0.497 e. The highest BCUT2D eigenvalue weighted by molar-refractivity contribution is 7.89. The highest BCUT2D eigenvalue weighted by Crippen LogP contribution is 2.27. The van der Waals surface area contributed by atoms with Gasteiger partial charge in [0, 0.05) is 38.4 Å². The number of piperidine rings is 1. The van der Waals surface area contributed by atoms with Crippen molar-refractivity contribution in [1.82, 2.24) is 14.6 Å². The van der Waals surface area contributed by atoms with Gasteiger partial charge in [0.1, 0.15) is 16.5 Å². The van der Waals surface area contributed by atoms with Crippen molar-refractivity contribution in [3.05, 3.63) is 48.2 Å². The van der Waals surface area contributed by atoms with E-state index >= 15 is 0 Å². The van der Waals surface area contributed by atoms with Crippen molar-refractivity contribution in [2.45, 2.75) is 42.8 Å². The zero-order chi connectivity index (χ0) is 25.1. The van der Waals surface area contributed by atoms with E-state index in [1.807, 2.05) is 12.1 Å². The van der Waals surface area contributed by atoms with Crippen molar-refractivity contribution in [3.63, 3.8) is 0 Å². The number of likely N-dealkylation sites (tertiary alicyclic amines) is 1. The molecule has 0 amide bonds. The van der Waals surface area contributed by atoms with Crippen LogP contribution in [0.25, 0.3) is 0 Å². The molecular formula is C24H31F3N4O3S. The van der Waals surface area contributed by atoms with Crippen LogP contribution >= 0.6 is 0 Å². The van der Waals surface area contributed by atoms with E-state index in [0.717, 1.165) is 43.9 Å². The van der Waals surface area contributed by atoms with Gasteiger partial charge in [-0.05, 0) is 61.4 Å². The van der Waals surface area contributed by atoms with Gasteiger partial charge in [-0.2, -0.15) is 13.2 Å². The molecule has 0 aliphatic carbocycles. The van der Waals surface area contributed by atoms with Crippen molar-refractivity contribution in [1.29, 1.82) is 0 Å². The van der Waals surface area contributed by atoms with Gasteiger partial charge in [0.2, 0.25) is 10.0 Å². The fourth-order valence-electron chi connectivity index (χ4n) is 4.83. The Morgan fingerprint density at radius 3 is 2.54 bits per heavy atom. The lowest BCUT2D eigenvalue weighted by atomic mass is 9.90. The molecule has 1 aromatic heterocycles. The quantitative estimate of drug-likeness (QED) is 0.584. The highest BCUT2D eigenvalue weighted by atomic mass is 32.2. The van der Waals surface area contributed by atoms with Gasteiger partial charge in [-0.1, -0.05) is 12.1 Å². The number of hydrogen-bond donors (Lipinski definition) is 1. The summed E-state index contributed by atoms with van der Waals surface area (Å²) in [6.07, 6.45) is 0.376. The SMILES string of the molecule is COc1cccc(CC2CCN(c3ccc(S(=O)(=O)NC4CCN(CC(F)(F)F)C4)cn3)CC2)c1. The molecule has 1 aromatic carbocycles. The van der Waals surface area contributed by atoms with Crippen LogP contribution in [0.4, 0.5) is 19.0 Å². The predicted molar refractivity (Wildman–Crippen MR) is 127 cm³/mol. The molecule has 2 aliphatic rings. The second-order valence-corrected chi connectivity index (χ2v) is 11.0. The van der Waals surface area contributed by atoms with Crippen molar-refractivity contribution in [3.8, 4) is 5.75 Å². The summed E-state index contributed by atoms with van der Waals surface area (Å²) in [4.78, 5) is 7.75. The van der Waals surface area contributed by atoms with Gasteiger partial charge in [-0.15, -0.1) is 0 Å². The maximum absolute atomic E-state index is 12.7. The molecule has 35 heavy (non-hydrogen) atoms. The molecule has 192 valence electrons. The molecule has 0 bridgehead atoms. The van der Waals surface area contributed by atoms with Crippen molar-refractivity contribution < 1.29 is 26.3 Å². The Morgan fingerprint density at radius 2 is 1.89 bits per heavy atom. The van der Waals surface area contributed by atoms with Crippen molar-refractivity contribution in [2.24, 2.45) is 5.92 Å². The van der Waals surface area contributed by atoms with E-state index in [1.165, 1.54) is 22.7 Å². The lowest BCUT2D eigenvalue weighted by molar-refractivity contribution is -0.143. The zero-order valence-electron chi connectivity index (χ0n) is 19.7. The van der Waals surface area contributed by atoms with Gasteiger partial charge >= 0.3 is 6.18 Å². The van der Waals surface area contributed by atoms with Crippen LogP contribution in [0.3, 0.4) is 0 Å². The average molecular weight is 513 g/mol. The van der Waals surface area contributed by atoms with Crippen molar-refractivity contribution >= 4 is 15.8 Å². The number of ether oxygens (including phenoxy) is 1. The third-order valence-corrected chi connectivity index (χ3v) is 8.13. The minimum absolute atomic E-state index is 0.0171. The van der Waals surface area contributed by atoms with Crippen LogP contribution in [0.2, 0.25) is 0 Å². The molecule has 0 spiro atoms. The number of nitrogens with zero attached hydrogens (tertiary/aromatic N) is 3. The summed E-state index contributed by atoms with van der Waals surface area (Å²) in [6, 6.07) is 10.8. The highest BCUT2D eigenvalue weighted by Gasteiger charge is 2.35. The average Bonchev–Trinajstić information content (AvgIpc) is 3.24. The summed E-state index contributed by atoms with van der Waals surface area (Å²) in [7, 11) is -2.19. The number of methoxy groups -OCH3 is 1. The number of anilines is 1. The van der Waals surface area contributed by atoms with Crippen LogP contribution in [0, 0.1) is 5.92 Å². The van der Waals surface area contributed by atoms with Gasteiger partial charge in [0.15, 0.2) is 0 Å². The summed E-state index contributed by atoms with van der Waals surface area (Å²) < 4.78 is 71.0. The first kappa shape index (κ1) is 25.7. The first-order valence-electron chi connectivity index (χ1n) is 11.8. The first-order valence-corrected chi connectivity index (χ1v) is 13.2. The summed E-state index contributed by atoms with van der Waals surface area (Å²) >= 11 is 0. The zero-order valence-corrected chi connectivity index (χ0v) is 20.5. The number of halogens is 3.